The average Bonchev–Trinajstić information content (AvgIpc) is 2.59. The Kier molecular flexibility index (Phi) is 6.84. The summed E-state index contributed by atoms with van der Waals surface area (Å²) in [6, 6.07) is 7.26. The molecule has 0 radical (unpaired) electrons. The molecular weight excluding hydrogens is 374 g/mol. The maximum Gasteiger partial charge on any atom is 0.411 e. The third kappa shape index (κ3) is 7.81. The third-order valence-electron chi connectivity index (χ3n) is 3.36. The van der Waals surface area contributed by atoms with Gasteiger partial charge in [-0.1, -0.05) is 18.2 Å². The molecule has 0 unspecified atom stereocenters. The number of carbonyl (C=O) groups is 2. The summed E-state index contributed by atoms with van der Waals surface area (Å²) in [5.41, 5.74) is 0.121. The van der Waals surface area contributed by atoms with Crippen LogP contribution in [0.5, 0.6) is 0 Å². The maximum absolute atomic E-state index is 12.7. The van der Waals surface area contributed by atoms with Gasteiger partial charge in [0.2, 0.25) is 5.82 Å². The summed E-state index contributed by atoms with van der Waals surface area (Å²) < 4.78 is 10.8. The van der Waals surface area contributed by atoms with Crippen molar-refractivity contribution >= 4 is 12.1 Å². The first-order valence-corrected chi connectivity index (χ1v) is 9.22. The van der Waals surface area contributed by atoms with Crippen molar-refractivity contribution in [3.63, 3.8) is 0 Å². The zero-order valence-corrected chi connectivity index (χ0v) is 17.7. The largest absolute Gasteiger partial charge is 0.459 e. The summed E-state index contributed by atoms with van der Waals surface area (Å²) in [6.07, 6.45) is 0.645. The van der Waals surface area contributed by atoms with Crippen molar-refractivity contribution in [1.29, 1.82) is 0 Å². The smallest absolute Gasteiger partial charge is 0.411 e. The highest BCUT2D eigenvalue weighted by Crippen LogP contribution is 2.18. The van der Waals surface area contributed by atoms with Crippen molar-refractivity contribution in [2.45, 2.75) is 59.3 Å². The van der Waals surface area contributed by atoms with Gasteiger partial charge in [-0.3, -0.25) is 9.69 Å². The Balaban J connectivity index is 2.22. The van der Waals surface area contributed by atoms with Crippen LogP contribution < -0.4 is 0 Å². The van der Waals surface area contributed by atoms with Crippen LogP contribution in [0.4, 0.5) is 4.79 Å². The summed E-state index contributed by atoms with van der Waals surface area (Å²) in [5.74, 6) is -0.149. The van der Waals surface area contributed by atoms with Crippen molar-refractivity contribution < 1.29 is 19.1 Å². The lowest BCUT2D eigenvalue weighted by Gasteiger charge is -2.28. The Hall–Kier alpha value is -3.10. The predicted molar refractivity (Wildman–Crippen MR) is 106 cm³/mol. The SMILES string of the molecule is CC(C)(C)OC(=O)CN(Cc1cccc(-c2nncnn2)c1)C(=O)OC(C)(C)C. The van der Waals surface area contributed by atoms with Gasteiger partial charge < -0.3 is 9.47 Å². The Bertz CT molecular complexity index is 844. The van der Waals surface area contributed by atoms with Crippen molar-refractivity contribution in [3.8, 4) is 11.4 Å². The molecule has 0 aliphatic rings. The molecule has 1 aromatic heterocycles. The molecule has 0 spiro atoms. The molecule has 0 saturated heterocycles. The summed E-state index contributed by atoms with van der Waals surface area (Å²) in [6.45, 7) is 10.5. The van der Waals surface area contributed by atoms with Crippen LogP contribution in [-0.2, 0) is 20.8 Å². The normalized spacial score (nSPS) is 11.7. The number of amides is 1. The van der Waals surface area contributed by atoms with E-state index in [1.807, 2.05) is 24.3 Å². The number of rotatable bonds is 5. The minimum absolute atomic E-state index is 0.148. The number of esters is 1. The van der Waals surface area contributed by atoms with E-state index in [0.717, 1.165) is 5.56 Å². The average molecular weight is 401 g/mol. The standard InChI is InChI=1S/C20H27N5O4/c1-19(2,3)28-16(26)12-25(18(27)29-20(4,5)6)11-14-8-7-9-15(10-14)17-23-21-13-22-24-17/h7-10,13H,11-12H2,1-6H3. The molecule has 1 aromatic carbocycles. The van der Waals surface area contributed by atoms with Crippen LogP contribution >= 0.6 is 0 Å². The first kappa shape index (κ1) is 22.2. The van der Waals surface area contributed by atoms with E-state index in [0.29, 0.717) is 11.4 Å². The van der Waals surface area contributed by atoms with Gasteiger partial charge in [0.15, 0.2) is 6.33 Å². The van der Waals surface area contributed by atoms with Crippen molar-refractivity contribution in [2.75, 3.05) is 6.54 Å². The topological polar surface area (TPSA) is 107 Å². The second-order valence-corrected chi connectivity index (χ2v) is 8.49. The lowest BCUT2D eigenvalue weighted by Crippen LogP contribution is -2.41. The van der Waals surface area contributed by atoms with Crippen LogP contribution in [0.1, 0.15) is 47.1 Å². The quantitative estimate of drug-likeness (QED) is 0.704. The van der Waals surface area contributed by atoms with E-state index in [4.69, 9.17) is 9.47 Å². The zero-order chi connectivity index (χ0) is 21.7. The molecule has 0 fully saturated rings. The fourth-order valence-electron chi connectivity index (χ4n) is 2.39. The highest BCUT2D eigenvalue weighted by molar-refractivity contribution is 5.78. The number of benzene rings is 1. The van der Waals surface area contributed by atoms with E-state index in [1.165, 1.54) is 11.2 Å². The summed E-state index contributed by atoms with van der Waals surface area (Å²) >= 11 is 0. The van der Waals surface area contributed by atoms with Crippen LogP contribution in [0.15, 0.2) is 30.6 Å². The van der Waals surface area contributed by atoms with E-state index < -0.39 is 23.3 Å². The first-order valence-electron chi connectivity index (χ1n) is 9.22. The first-order chi connectivity index (χ1) is 13.4. The Labute approximate surface area is 170 Å². The maximum atomic E-state index is 12.7. The molecule has 1 amide bonds. The molecule has 9 nitrogen and oxygen atoms in total. The molecule has 0 aliphatic heterocycles. The molecule has 9 heteroatoms. The Morgan fingerprint density at radius 1 is 0.966 bits per heavy atom. The molecule has 2 aromatic rings. The van der Waals surface area contributed by atoms with Gasteiger partial charge in [-0.25, -0.2) is 4.79 Å². The van der Waals surface area contributed by atoms with Gasteiger partial charge in [0.25, 0.3) is 0 Å². The number of nitrogens with zero attached hydrogens (tertiary/aromatic N) is 5. The van der Waals surface area contributed by atoms with E-state index in [-0.39, 0.29) is 13.1 Å². The number of hydrogen-bond donors (Lipinski definition) is 0. The van der Waals surface area contributed by atoms with Crippen LogP contribution in [0.3, 0.4) is 0 Å². The number of ether oxygens (including phenoxy) is 2. The van der Waals surface area contributed by atoms with Crippen molar-refractivity contribution in [3.05, 3.63) is 36.2 Å². The van der Waals surface area contributed by atoms with Gasteiger partial charge in [0, 0.05) is 12.1 Å². The van der Waals surface area contributed by atoms with Gasteiger partial charge in [0.05, 0.1) is 0 Å². The van der Waals surface area contributed by atoms with Crippen LogP contribution in [0.2, 0.25) is 0 Å². The molecule has 2 rings (SSSR count). The van der Waals surface area contributed by atoms with Crippen LogP contribution in [0, 0.1) is 0 Å². The van der Waals surface area contributed by atoms with Gasteiger partial charge >= 0.3 is 12.1 Å². The minimum Gasteiger partial charge on any atom is -0.459 e. The van der Waals surface area contributed by atoms with Gasteiger partial charge in [0.1, 0.15) is 17.7 Å². The van der Waals surface area contributed by atoms with Gasteiger partial charge in [-0.15, -0.1) is 20.4 Å². The Morgan fingerprint density at radius 2 is 1.59 bits per heavy atom. The van der Waals surface area contributed by atoms with E-state index in [2.05, 4.69) is 20.4 Å². The molecule has 29 heavy (non-hydrogen) atoms. The molecule has 0 bridgehead atoms. The molecule has 0 saturated carbocycles. The fourth-order valence-corrected chi connectivity index (χ4v) is 2.39. The number of aromatic nitrogens is 4. The van der Waals surface area contributed by atoms with Gasteiger partial charge in [-0.05, 0) is 53.2 Å². The molecule has 156 valence electrons. The fraction of sp³-hybridized carbons (Fsp3) is 0.500. The van der Waals surface area contributed by atoms with Crippen LogP contribution in [-0.4, -0.2) is 55.1 Å². The number of hydrogen-bond acceptors (Lipinski definition) is 8. The lowest BCUT2D eigenvalue weighted by molar-refractivity contribution is -0.156. The summed E-state index contributed by atoms with van der Waals surface area (Å²) in [5, 5.41) is 15.3. The van der Waals surface area contributed by atoms with E-state index in [1.54, 1.807) is 41.5 Å². The molecule has 0 N–H and O–H groups in total. The van der Waals surface area contributed by atoms with Crippen molar-refractivity contribution in [1.82, 2.24) is 25.3 Å². The number of carbonyl (C=O) groups excluding carboxylic acids is 2. The highest BCUT2D eigenvalue weighted by atomic mass is 16.6. The predicted octanol–water partition coefficient (Wildman–Crippen LogP) is 3.01. The lowest BCUT2D eigenvalue weighted by atomic mass is 10.1. The summed E-state index contributed by atoms with van der Waals surface area (Å²) in [7, 11) is 0. The van der Waals surface area contributed by atoms with Crippen molar-refractivity contribution in [2.24, 2.45) is 0 Å². The molecular formula is C20H27N5O4. The van der Waals surface area contributed by atoms with E-state index in [9.17, 15) is 9.59 Å². The molecule has 1 heterocycles. The monoisotopic (exact) mass is 401 g/mol. The molecule has 0 atom stereocenters. The second-order valence-electron chi connectivity index (χ2n) is 8.49. The zero-order valence-electron chi connectivity index (χ0n) is 17.7. The Morgan fingerprint density at radius 3 is 2.17 bits per heavy atom. The second kappa shape index (κ2) is 8.93. The summed E-state index contributed by atoms with van der Waals surface area (Å²) in [4.78, 5) is 26.3. The minimum atomic E-state index is -0.694. The van der Waals surface area contributed by atoms with Gasteiger partial charge in [-0.2, -0.15) is 0 Å². The third-order valence-corrected chi connectivity index (χ3v) is 3.36. The highest BCUT2D eigenvalue weighted by Gasteiger charge is 2.26. The molecule has 0 aliphatic carbocycles. The van der Waals surface area contributed by atoms with Crippen LogP contribution in [0.25, 0.3) is 11.4 Å². The van der Waals surface area contributed by atoms with E-state index >= 15 is 0 Å².